The Morgan fingerprint density at radius 1 is 1.38 bits per heavy atom. The molecule has 0 N–H and O–H groups in total. The Bertz CT molecular complexity index is 303. The smallest absolute Gasteiger partial charge is 0.337 e. The third-order valence-corrected chi connectivity index (χ3v) is 1.97. The number of rotatable bonds is 2. The SMILES string of the molecule is COC(=O)c1cccc(C(C)C)c1. The van der Waals surface area contributed by atoms with E-state index in [1.165, 1.54) is 7.11 Å². The lowest BCUT2D eigenvalue weighted by atomic mass is 10.0. The summed E-state index contributed by atoms with van der Waals surface area (Å²) < 4.78 is 4.63. The highest BCUT2D eigenvalue weighted by molar-refractivity contribution is 5.89. The molecule has 0 radical (unpaired) electrons. The van der Waals surface area contributed by atoms with Gasteiger partial charge in [-0.15, -0.1) is 0 Å². The predicted octanol–water partition coefficient (Wildman–Crippen LogP) is 2.60. The van der Waals surface area contributed by atoms with Gasteiger partial charge in [0.1, 0.15) is 0 Å². The van der Waals surface area contributed by atoms with E-state index in [1.54, 1.807) is 6.07 Å². The molecule has 2 heteroatoms. The number of carbonyl (C=O) groups excluding carboxylic acids is 1. The summed E-state index contributed by atoms with van der Waals surface area (Å²) >= 11 is 0. The van der Waals surface area contributed by atoms with Crippen LogP contribution in [0.4, 0.5) is 0 Å². The average Bonchev–Trinajstić information content (AvgIpc) is 2.17. The van der Waals surface area contributed by atoms with Crippen molar-refractivity contribution >= 4 is 5.97 Å². The molecule has 0 aliphatic rings. The van der Waals surface area contributed by atoms with Crippen LogP contribution in [0.3, 0.4) is 0 Å². The lowest BCUT2D eigenvalue weighted by molar-refractivity contribution is 0.0600. The van der Waals surface area contributed by atoms with E-state index in [0.717, 1.165) is 5.56 Å². The van der Waals surface area contributed by atoms with E-state index in [1.807, 2.05) is 18.2 Å². The van der Waals surface area contributed by atoms with Gasteiger partial charge >= 0.3 is 5.97 Å². The minimum atomic E-state index is -0.275. The second-order valence-corrected chi connectivity index (χ2v) is 3.27. The Hall–Kier alpha value is -1.31. The monoisotopic (exact) mass is 178 g/mol. The summed E-state index contributed by atoms with van der Waals surface area (Å²) in [5.41, 5.74) is 1.77. The summed E-state index contributed by atoms with van der Waals surface area (Å²) in [6.45, 7) is 4.19. The van der Waals surface area contributed by atoms with Crippen molar-refractivity contribution in [3.8, 4) is 0 Å². The van der Waals surface area contributed by atoms with Crippen molar-refractivity contribution in [1.29, 1.82) is 0 Å². The van der Waals surface area contributed by atoms with Crippen LogP contribution >= 0.6 is 0 Å². The van der Waals surface area contributed by atoms with Crippen LogP contribution in [0.15, 0.2) is 24.3 Å². The molecule has 0 saturated carbocycles. The van der Waals surface area contributed by atoms with Crippen LogP contribution in [0.2, 0.25) is 0 Å². The van der Waals surface area contributed by atoms with E-state index in [-0.39, 0.29) is 5.97 Å². The van der Waals surface area contributed by atoms with Crippen molar-refractivity contribution in [1.82, 2.24) is 0 Å². The highest BCUT2D eigenvalue weighted by atomic mass is 16.5. The number of ether oxygens (including phenoxy) is 1. The molecule has 1 aromatic rings. The number of methoxy groups -OCH3 is 1. The van der Waals surface area contributed by atoms with E-state index < -0.39 is 0 Å². The largest absolute Gasteiger partial charge is 0.465 e. The normalized spacial score (nSPS) is 10.2. The molecular formula is C11H14O2. The highest BCUT2D eigenvalue weighted by Crippen LogP contribution is 2.15. The lowest BCUT2D eigenvalue weighted by Gasteiger charge is -2.06. The summed E-state index contributed by atoms with van der Waals surface area (Å²) in [6, 6.07) is 7.52. The van der Waals surface area contributed by atoms with Crippen LogP contribution in [-0.2, 0) is 4.74 Å². The maximum Gasteiger partial charge on any atom is 0.337 e. The first-order chi connectivity index (χ1) is 6.15. The maximum atomic E-state index is 11.2. The number of hydrogen-bond donors (Lipinski definition) is 0. The predicted molar refractivity (Wildman–Crippen MR) is 51.9 cm³/mol. The van der Waals surface area contributed by atoms with Gasteiger partial charge in [-0.3, -0.25) is 0 Å². The van der Waals surface area contributed by atoms with Gasteiger partial charge in [-0.2, -0.15) is 0 Å². The molecule has 0 aromatic heterocycles. The lowest BCUT2D eigenvalue weighted by Crippen LogP contribution is -2.01. The zero-order chi connectivity index (χ0) is 9.84. The Morgan fingerprint density at radius 3 is 2.62 bits per heavy atom. The summed E-state index contributed by atoms with van der Waals surface area (Å²) in [7, 11) is 1.39. The molecular weight excluding hydrogens is 164 g/mol. The third kappa shape index (κ3) is 2.31. The molecule has 0 heterocycles. The Balaban J connectivity index is 2.98. The minimum absolute atomic E-state index is 0.275. The van der Waals surface area contributed by atoms with Gasteiger partial charge in [0.25, 0.3) is 0 Å². The van der Waals surface area contributed by atoms with Crippen molar-refractivity contribution in [2.24, 2.45) is 0 Å². The summed E-state index contributed by atoms with van der Waals surface area (Å²) in [5, 5.41) is 0. The molecule has 0 saturated heterocycles. The van der Waals surface area contributed by atoms with Crippen LogP contribution in [0.25, 0.3) is 0 Å². The topological polar surface area (TPSA) is 26.3 Å². The molecule has 0 bridgehead atoms. The fraction of sp³-hybridized carbons (Fsp3) is 0.364. The van der Waals surface area contributed by atoms with Crippen molar-refractivity contribution in [2.75, 3.05) is 7.11 Å². The van der Waals surface area contributed by atoms with E-state index in [0.29, 0.717) is 11.5 Å². The van der Waals surface area contributed by atoms with Crippen LogP contribution < -0.4 is 0 Å². The van der Waals surface area contributed by atoms with Crippen LogP contribution in [-0.4, -0.2) is 13.1 Å². The van der Waals surface area contributed by atoms with E-state index >= 15 is 0 Å². The summed E-state index contributed by atoms with van der Waals surface area (Å²) in [4.78, 5) is 11.2. The van der Waals surface area contributed by atoms with Gasteiger partial charge in [-0.25, -0.2) is 4.79 Å². The van der Waals surface area contributed by atoms with Crippen molar-refractivity contribution < 1.29 is 9.53 Å². The van der Waals surface area contributed by atoms with Gasteiger partial charge in [0.05, 0.1) is 12.7 Å². The Morgan fingerprint density at radius 2 is 2.08 bits per heavy atom. The fourth-order valence-electron chi connectivity index (χ4n) is 1.14. The molecule has 0 fully saturated rings. The molecule has 1 aromatic carbocycles. The van der Waals surface area contributed by atoms with Gasteiger partial charge in [-0.1, -0.05) is 26.0 Å². The quantitative estimate of drug-likeness (QED) is 0.651. The first-order valence-corrected chi connectivity index (χ1v) is 4.33. The van der Waals surface area contributed by atoms with Crippen LogP contribution in [0.1, 0.15) is 35.7 Å². The second-order valence-electron chi connectivity index (χ2n) is 3.27. The van der Waals surface area contributed by atoms with E-state index in [2.05, 4.69) is 18.6 Å². The van der Waals surface area contributed by atoms with E-state index in [9.17, 15) is 4.79 Å². The molecule has 0 atom stereocenters. The van der Waals surface area contributed by atoms with Crippen LogP contribution in [0, 0.1) is 0 Å². The first kappa shape index (κ1) is 9.78. The molecule has 0 amide bonds. The maximum absolute atomic E-state index is 11.2. The molecule has 13 heavy (non-hydrogen) atoms. The minimum Gasteiger partial charge on any atom is -0.465 e. The number of benzene rings is 1. The molecule has 1 rings (SSSR count). The van der Waals surface area contributed by atoms with E-state index in [4.69, 9.17) is 0 Å². The molecule has 2 nitrogen and oxygen atoms in total. The summed E-state index contributed by atoms with van der Waals surface area (Å²) in [5.74, 6) is 0.159. The molecule has 0 spiro atoms. The third-order valence-electron chi connectivity index (χ3n) is 1.97. The van der Waals surface area contributed by atoms with Gasteiger partial charge in [0.2, 0.25) is 0 Å². The highest BCUT2D eigenvalue weighted by Gasteiger charge is 2.06. The van der Waals surface area contributed by atoms with Crippen molar-refractivity contribution in [3.63, 3.8) is 0 Å². The number of hydrogen-bond acceptors (Lipinski definition) is 2. The summed E-state index contributed by atoms with van der Waals surface area (Å²) in [6.07, 6.45) is 0. The molecule has 0 aliphatic heterocycles. The zero-order valence-corrected chi connectivity index (χ0v) is 8.20. The van der Waals surface area contributed by atoms with Gasteiger partial charge in [0, 0.05) is 0 Å². The van der Waals surface area contributed by atoms with Gasteiger partial charge in [-0.05, 0) is 23.6 Å². The number of esters is 1. The molecule has 0 unspecified atom stereocenters. The Labute approximate surface area is 78.5 Å². The fourth-order valence-corrected chi connectivity index (χ4v) is 1.14. The van der Waals surface area contributed by atoms with Gasteiger partial charge < -0.3 is 4.74 Å². The Kier molecular flexibility index (Phi) is 3.07. The number of carbonyl (C=O) groups is 1. The standard InChI is InChI=1S/C11H14O2/c1-8(2)9-5-4-6-10(7-9)11(12)13-3/h4-8H,1-3H3. The van der Waals surface area contributed by atoms with Crippen molar-refractivity contribution in [3.05, 3.63) is 35.4 Å². The first-order valence-electron chi connectivity index (χ1n) is 4.33. The molecule has 70 valence electrons. The van der Waals surface area contributed by atoms with Gasteiger partial charge in [0.15, 0.2) is 0 Å². The van der Waals surface area contributed by atoms with Crippen molar-refractivity contribution in [2.45, 2.75) is 19.8 Å². The zero-order valence-electron chi connectivity index (χ0n) is 8.20. The van der Waals surface area contributed by atoms with Crippen LogP contribution in [0.5, 0.6) is 0 Å². The molecule has 0 aliphatic carbocycles. The second kappa shape index (κ2) is 4.08. The average molecular weight is 178 g/mol.